The maximum Gasteiger partial charge on any atom is 0.0810 e. The summed E-state index contributed by atoms with van der Waals surface area (Å²) in [7, 11) is 0. The Morgan fingerprint density at radius 1 is 0.895 bits per heavy atom. The van der Waals surface area contributed by atoms with E-state index in [1.54, 1.807) is 0 Å². The molecule has 2 atom stereocenters. The highest BCUT2D eigenvalue weighted by Gasteiger charge is 2.15. The minimum absolute atomic E-state index is 0.0151. The van der Waals surface area contributed by atoms with Gasteiger partial charge < -0.3 is 15.5 Å². The molecule has 0 unspecified atom stereocenters. The van der Waals surface area contributed by atoms with Gasteiger partial charge in [0.1, 0.15) is 0 Å². The highest BCUT2D eigenvalue weighted by molar-refractivity contribution is 5.43. The molecule has 0 aliphatic rings. The van der Waals surface area contributed by atoms with Crippen LogP contribution >= 0.6 is 0 Å². The van der Waals surface area contributed by atoms with E-state index >= 15 is 0 Å². The predicted octanol–water partition coefficient (Wildman–Crippen LogP) is 2.58. The number of aliphatic hydroxyl groups excluding tert-OH is 2. The lowest BCUT2D eigenvalue weighted by Crippen LogP contribution is -2.26. The van der Waals surface area contributed by atoms with Crippen molar-refractivity contribution >= 4 is 5.69 Å². The molecular weight excluding hydrogens is 238 g/mol. The largest absolute Gasteiger partial charge is 0.394 e. The average molecular weight is 257 g/mol. The van der Waals surface area contributed by atoms with E-state index < -0.39 is 6.10 Å². The van der Waals surface area contributed by atoms with Crippen molar-refractivity contribution in [1.29, 1.82) is 0 Å². The number of nitrogens with one attached hydrogen (secondary N) is 1. The summed E-state index contributed by atoms with van der Waals surface area (Å²) < 4.78 is 0. The Bertz CT molecular complexity index is 473. The van der Waals surface area contributed by atoms with Gasteiger partial charge in [-0.1, -0.05) is 48.5 Å². The van der Waals surface area contributed by atoms with E-state index in [1.807, 2.05) is 60.7 Å². The van der Waals surface area contributed by atoms with Crippen LogP contribution in [0.15, 0.2) is 60.7 Å². The molecule has 2 rings (SSSR count). The summed E-state index contributed by atoms with van der Waals surface area (Å²) in [5.74, 6) is 0. The fourth-order valence-electron chi connectivity index (χ4n) is 2.03. The van der Waals surface area contributed by atoms with Crippen LogP contribution in [0.1, 0.15) is 18.1 Å². The summed E-state index contributed by atoms with van der Waals surface area (Å²) in [6.07, 6.45) is -0.107. The fraction of sp³-hybridized carbons (Fsp3) is 0.250. The Hall–Kier alpha value is -1.84. The lowest BCUT2D eigenvalue weighted by Gasteiger charge is -2.21. The van der Waals surface area contributed by atoms with Crippen molar-refractivity contribution in [3.63, 3.8) is 0 Å². The van der Waals surface area contributed by atoms with E-state index in [2.05, 4.69) is 5.32 Å². The minimum atomic E-state index is -0.574. The summed E-state index contributed by atoms with van der Waals surface area (Å²) in [5.41, 5.74) is 1.82. The van der Waals surface area contributed by atoms with Gasteiger partial charge in [0.2, 0.25) is 0 Å². The van der Waals surface area contributed by atoms with Crippen LogP contribution in [0.5, 0.6) is 0 Å². The predicted molar refractivity (Wildman–Crippen MR) is 77.0 cm³/mol. The number of hydrogen-bond donors (Lipinski definition) is 3. The maximum atomic E-state index is 10.1. The standard InChI is InChI=1S/C16H19NO2/c18-12-15(17-14-9-5-2-6-10-14)11-16(19)13-7-3-1-4-8-13/h1-10,15-19H,11-12H2/t15-,16-/m1/s1. The number of para-hydroxylation sites is 1. The summed E-state index contributed by atoms with van der Waals surface area (Å²) in [4.78, 5) is 0. The summed E-state index contributed by atoms with van der Waals surface area (Å²) in [6.45, 7) is -0.0151. The lowest BCUT2D eigenvalue weighted by atomic mass is 10.0. The molecule has 3 heteroatoms. The topological polar surface area (TPSA) is 52.5 Å². The van der Waals surface area contributed by atoms with Crippen LogP contribution in [0.25, 0.3) is 0 Å². The first-order valence-electron chi connectivity index (χ1n) is 6.45. The molecule has 0 saturated carbocycles. The van der Waals surface area contributed by atoms with Gasteiger partial charge in [0.05, 0.1) is 18.8 Å². The van der Waals surface area contributed by atoms with Crippen LogP contribution in [-0.4, -0.2) is 22.9 Å². The average Bonchev–Trinajstić information content (AvgIpc) is 2.48. The van der Waals surface area contributed by atoms with Crippen molar-refractivity contribution in [3.8, 4) is 0 Å². The molecule has 3 N–H and O–H groups in total. The zero-order valence-electron chi connectivity index (χ0n) is 10.7. The van der Waals surface area contributed by atoms with E-state index in [1.165, 1.54) is 0 Å². The van der Waals surface area contributed by atoms with E-state index in [-0.39, 0.29) is 12.6 Å². The smallest absolute Gasteiger partial charge is 0.0810 e. The summed E-state index contributed by atoms with van der Waals surface area (Å²) in [5, 5.41) is 22.8. The molecule has 0 aromatic heterocycles. The molecule has 0 amide bonds. The second-order valence-corrected chi connectivity index (χ2v) is 4.55. The monoisotopic (exact) mass is 257 g/mol. The molecule has 0 aliphatic heterocycles. The van der Waals surface area contributed by atoms with Crippen molar-refractivity contribution < 1.29 is 10.2 Å². The fourth-order valence-corrected chi connectivity index (χ4v) is 2.03. The van der Waals surface area contributed by atoms with Crippen LogP contribution in [0, 0.1) is 0 Å². The van der Waals surface area contributed by atoms with Gasteiger partial charge in [-0.05, 0) is 24.1 Å². The summed E-state index contributed by atoms with van der Waals surface area (Å²) >= 11 is 0. The SMILES string of the molecule is OC[C@@H](C[C@@H](O)c1ccccc1)Nc1ccccc1. The minimum Gasteiger partial charge on any atom is -0.394 e. The van der Waals surface area contributed by atoms with Gasteiger partial charge in [-0.3, -0.25) is 0 Å². The first-order valence-corrected chi connectivity index (χ1v) is 6.45. The van der Waals surface area contributed by atoms with Gasteiger partial charge in [0.25, 0.3) is 0 Å². The Morgan fingerprint density at radius 2 is 1.47 bits per heavy atom. The summed E-state index contributed by atoms with van der Waals surface area (Å²) in [6, 6.07) is 19.0. The Kier molecular flexibility index (Phi) is 4.95. The zero-order valence-corrected chi connectivity index (χ0v) is 10.7. The first kappa shape index (κ1) is 13.6. The third kappa shape index (κ3) is 4.09. The molecule has 3 nitrogen and oxygen atoms in total. The van der Waals surface area contributed by atoms with Crippen molar-refractivity contribution in [1.82, 2.24) is 0 Å². The van der Waals surface area contributed by atoms with Gasteiger partial charge >= 0.3 is 0 Å². The molecule has 0 radical (unpaired) electrons. The molecule has 19 heavy (non-hydrogen) atoms. The molecule has 100 valence electrons. The molecular formula is C16H19NO2. The van der Waals surface area contributed by atoms with Gasteiger partial charge in [-0.25, -0.2) is 0 Å². The maximum absolute atomic E-state index is 10.1. The first-order chi connectivity index (χ1) is 9.29. The van der Waals surface area contributed by atoms with Crippen molar-refractivity contribution in [3.05, 3.63) is 66.2 Å². The van der Waals surface area contributed by atoms with Gasteiger partial charge in [-0.15, -0.1) is 0 Å². The van der Waals surface area contributed by atoms with Gasteiger partial charge in [-0.2, -0.15) is 0 Å². The second kappa shape index (κ2) is 6.92. The molecule has 0 spiro atoms. The van der Waals surface area contributed by atoms with E-state index in [9.17, 15) is 10.2 Å². The molecule has 2 aromatic carbocycles. The van der Waals surface area contributed by atoms with E-state index in [4.69, 9.17) is 0 Å². The molecule has 0 aliphatic carbocycles. The molecule has 0 bridgehead atoms. The van der Waals surface area contributed by atoms with Crippen molar-refractivity contribution in [2.24, 2.45) is 0 Å². The zero-order chi connectivity index (χ0) is 13.5. The van der Waals surface area contributed by atoms with Crippen molar-refractivity contribution in [2.75, 3.05) is 11.9 Å². The third-order valence-electron chi connectivity index (χ3n) is 3.06. The number of benzene rings is 2. The van der Waals surface area contributed by atoms with Crippen LogP contribution in [0.4, 0.5) is 5.69 Å². The number of rotatable bonds is 6. The Balaban J connectivity index is 1.96. The molecule has 0 fully saturated rings. The highest BCUT2D eigenvalue weighted by Crippen LogP contribution is 2.19. The van der Waals surface area contributed by atoms with Crippen LogP contribution in [0.3, 0.4) is 0 Å². The molecule has 2 aromatic rings. The van der Waals surface area contributed by atoms with Crippen LogP contribution < -0.4 is 5.32 Å². The quantitative estimate of drug-likeness (QED) is 0.745. The lowest BCUT2D eigenvalue weighted by molar-refractivity contribution is 0.144. The normalized spacial score (nSPS) is 13.8. The van der Waals surface area contributed by atoms with Gasteiger partial charge in [0.15, 0.2) is 0 Å². The van der Waals surface area contributed by atoms with Crippen LogP contribution in [-0.2, 0) is 0 Å². The van der Waals surface area contributed by atoms with Crippen molar-refractivity contribution in [2.45, 2.75) is 18.6 Å². The third-order valence-corrected chi connectivity index (χ3v) is 3.06. The highest BCUT2D eigenvalue weighted by atomic mass is 16.3. The Morgan fingerprint density at radius 3 is 2.05 bits per heavy atom. The number of anilines is 1. The number of hydrogen-bond acceptors (Lipinski definition) is 3. The number of aliphatic hydroxyl groups is 2. The van der Waals surface area contributed by atoms with Gasteiger partial charge in [0, 0.05) is 5.69 Å². The molecule has 0 saturated heterocycles. The van der Waals surface area contributed by atoms with E-state index in [0.717, 1.165) is 11.3 Å². The Labute approximate surface area is 113 Å². The second-order valence-electron chi connectivity index (χ2n) is 4.55. The molecule has 0 heterocycles. The van der Waals surface area contributed by atoms with E-state index in [0.29, 0.717) is 6.42 Å². The van der Waals surface area contributed by atoms with Crippen LogP contribution in [0.2, 0.25) is 0 Å².